The number of fused-ring (bicyclic) bond motifs is 1. The molecule has 1 saturated heterocycles. The molecule has 2 aromatic rings. The number of amidine groups is 1. The first-order valence-corrected chi connectivity index (χ1v) is 7.76. The van der Waals surface area contributed by atoms with Gasteiger partial charge in [0.15, 0.2) is 0 Å². The van der Waals surface area contributed by atoms with E-state index >= 15 is 0 Å². The van der Waals surface area contributed by atoms with E-state index in [0.29, 0.717) is 0 Å². The van der Waals surface area contributed by atoms with Crippen LogP contribution in [0.3, 0.4) is 0 Å². The van der Waals surface area contributed by atoms with Crippen LogP contribution in [0.15, 0.2) is 40.4 Å². The number of nitrogens with one attached hydrogen (secondary N) is 1. The standard InChI is InChI=1S/C15H19N3S.ClH/c1-18-9-4-7-15(18)16-8-10-19-14-11-17-13-6-3-2-5-12(13)14;/h2-3,5-6,11,17H,4,7-10H2,1H3;1H/b16-15+;. The average Bonchev–Trinajstić information content (AvgIpc) is 3.02. The number of nitrogens with zero attached hydrogens (tertiary/aromatic N) is 2. The van der Waals surface area contributed by atoms with Gasteiger partial charge in [-0.05, 0) is 12.5 Å². The van der Waals surface area contributed by atoms with Gasteiger partial charge >= 0.3 is 0 Å². The fourth-order valence-corrected chi connectivity index (χ4v) is 3.37. The van der Waals surface area contributed by atoms with Gasteiger partial charge in [0.25, 0.3) is 0 Å². The number of para-hydroxylation sites is 1. The fraction of sp³-hybridized carbons (Fsp3) is 0.400. The molecule has 1 aromatic heterocycles. The maximum absolute atomic E-state index is 4.70. The van der Waals surface area contributed by atoms with Crippen LogP contribution in [0.2, 0.25) is 0 Å². The molecule has 3 nitrogen and oxygen atoms in total. The summed E-state index contributed by atoms with van der Waals surface area (Å²) in [5, 5.41) is 1.32. The fourth-order valence-electron chi connectivity index (χ4n) is 2.49. The van der Waals surface area contributed by atoms with Gasteiger partial charge in [-0.2, -0.15) is 0 Å². The lowest BCUT2D eigenvalue weighted by Gasteiger charge is -2.10. The van der Waals surface area contributed by atoms with Crippen molar-refractivity contribution in [1.29, 1.82) is 0 Å². The van der Waals surface area contributed by atoms with Gasteiger partial charge < -0.3 is 9.88 Å². The van der Waals surface area contributed by atoms with Crippen LogP contribution in [0.1, 0.15) is 12.8 Å². The van der Waals surface area contributed by atoms with Crippen LogP contribution in [0, 0.1) is 0 Å². The van der Waals surface area contributed by atoms with Crippen molar-refractivity contribution in [3.8, 4) is 0 Å². The van der Waals surface area contributed by atoms with E-state index < -0.39 is 0 Å². The quantitative estimate of drug-likeness (QED) is 0.688. The highest BCUT2D eigenvalue weighted by Crippen LogP contribution is 2.27. The first-order chi connectivity index (χ1) is 9.34. The van der Waals surface area contributed by atoms with Gasteiger partial charge in [0.1, 0.15) is 0 Å². The zero-order valence-corrected chi connectivity index (χ0v) is 13.3. The number of aliphatic imine (C=N–C) groups is 1. The molecule has 0 amide bonds. The smallest absolute Gasteiger partial charge is 0.0987 e. The molecule has 0 atom stereocenters. The Morgan fingerprint density at radius 3 is 3.00 bits per heavy atom. The van der Waals surface area contributed by atoms with Crippen LogP contribution in [0.4, 0.5) is 0 Å². The number of H-pyrrole nitrogens is 1. The number of hydrogen-bond donors (Lipinski definition) is 1. The van der Waals surface area contributed by atoms with Crippen molar-refractivity contribution in [2.45, 2.75) is 17.7 Å². The van der Waals surface area contributed by atoms with Crippen molar-refractivity contribution >= 4 is 40.9 Å². The van der Waals surface area contributed by atoms with Gasteiger partial charge in [-0.3, -0.25) is 4.99 Å². The lowest BCUT2D eigenvalue weighted by atomic mass is 10.2. The van der Waals surface area contributed by atoms with E-state index in [0.717, 1.165) is 25.3 Å². The largest absolute Gasteiger partial charge is 0.363 e. The molecule has 1 N–H and O–H groups in total. The molecular formula is C15H20ClN3S. The lowest BCUT2D eigenvalue weighted by Crippen LogP contribution is -2.19. The summed E-state index contributed by atoms with van der Waals surface area (Å²) in [5.74, 6) is 2.32. The normalized spacial score (nSPS) is 16.9. The molecule has 1 fully saturated rings. The van der Waals surface area contributed by atoms with Gasteiger partial charge in [0.2, 0.25) is 0 Å². The molecule has 3 rings (SSSR count). The Labute approximate surface area is 130 Å². The van der Waals surface area contributed by atoms with Crippen molar-refractivity contribution in [1.82, 2.24) is 9.88 Å². The van der Waals surface area contributed by atoms with Crippen molar-refractivity contribution in [2.75, 3.05) is 25.9 Å². The van der Waals surface area contributed by atoms with Gasteiger partial charge in [0.05, 0.1) is 12.4 Å². The predicted octanol–water partition coefficient (Wildman–Crippen LogP) is 3.81. The molecule has 0 aliphatic carbocycles. The van der Waals surface area contributed by atoms with Crippen LogP contribution in [0.5, 0.6) is 0 Å². The van der Waals surface area contributed by atoms with E-state index in [-0.39, 0.29) is 12.4 Å². The Kier molecular flexibility index (Phi) is 5.38. The predicted molar refractivity (Wildman–Crippen MR) is 90.4 cm³/mol. The second-order valence-corrected chi connectivity index (χ2v) is 6.01. The zero-order valence-electron chi connectivity index (χ0n) is 11.6. The summed E-state index contributed by atoms with van der Waals surface area (Å²) in [5.41, 5.74) is 1.21. The SMILES string of the molecule is CN1CCC/C1=N\CCSc1c[nH]c2ccccc12.Cl. The number of rotatable bonds is 4. The first-order valence-electron chi connectivity index (χ1n) is 6.78. The van der Waals surface area contributed by atoms with Crippen LogP contribution >= 0.6 is 24.2 Å². The zero-order chi connectivity index (χ0) is 13.1. The third kappa shape index (κ3) is 3.30. The van der Waals surface area contributed by atoms with Crippen molar-refractivity contribution in [2.24, 2.45) is 4.99 Å². The van der Waals surface area contributed by atoms with E-state index in [4.69, 9.17) is 4.99 Å². The molecule has 1 aliphatic heterocycles. The lowest BCUT2D eigenvalue weighted by molar-refractivity contribution is 0.548. The highest BCUT2D eigenvalue weighted by molar-refractivity contribution is 7.99. The Morgan fingerprint density at radius 1 is 1.35 bits per heavy atom. The maximum atomic E-state index is 4.70. The second kappa shape index (κ2) is 7.04. The summed E-state index contributed by atoms with van der Waals surface area (Å²) in [6.07, 6.45) is 4.50. The summed E-state index contributed by atoms with van der Waals surface area (Å²) in [6, 6.07) is 8.45. The topological polar surface area (TPSA) is 31.4 Å². The molecule has 0 radical (unpaired) electrons. The van der Waals surface area contributed by atoms with E-state index in [1.807, 2.05) is 11.8 Å². The van der Waals surface area contributed by atoms with Crippen molar-refractivity contribution in [3.05, 3.63) is 30.5 Å². The highest BCUT2D eigenvalue weighted by Gasteiger charge is 2.13. The first kappa shape index (κ1) is 15.3. The summed E-state index contributed by atoms with van der Waals surface area (Å²) < 4.78 is 0. The Bertz CT molecular complexity index is 594. The maximum Gasteiger partial charge on any atom is 0.0987 e. The summed E-state index contributed by atoms with van der Waals surface area (Å²) >= 11 is 1.88. The van der Waals surface area contributed by atoms with E-state index in [2.05, 4.69) is 47.4 Å². The number of halogens is 1. The summed E-state index contributed by atoms with van der Waals surface area (Å²) in [6.45, 7) is 2.07. The molecule has 0 unspecified atom stereocenters. The van der Waals surface area contributed by atoms with E-state index in [1.165, 1.54) is 28.1 Å². The van der Waals surface area contributed by atoms with Crippen LogP contribution < -0.4 is 0 Å². The van der Waals surface area contributed by atoms with Crippen LogP contribution in [-0.4, -0.2) is 41.6 Å². The summed E-state index contributed by atoms with van der Waals surface area (Å²) in [7, 11) is 2.14. The Morgan fingerprint density at radius 2 is 2.20 bits per heavy atom. The molecular weight excluding hydrogens is 290 g/mol. The molecule has 5 heteroatoms. The van der Waals surface area contributed by atoms with E-state index in [1.54, 1.807) is 0 Å². The van der Waals surface area contributed by atoms with Gasteiger partial charge in [-0.25, -0.2) is 0 Å². The van der Waals surface area contributed by atoms with Crippen molar-refractivity contribution < 1.29 is 0 Å². The molecule has 2 heterocycles. The van der Waals surface area contributed by atoms with Crippen LogP contribution in [-0.2, 0) is 0 Å². The minimum Gasteiger partial charge on any atom is -0.363 e. The number of likely N-dealkylation sites (tertiary alicyclic amines) is 1. The third-order valence-corrected chi connectivity index (χ3v) is 4.56. The molecule has 1 aromatic carbocycles. The molecule has 0 spiro atoms. The van der Waals surface area contributed by atoms with Crippen LogP contribution in [0.25, 0.3) is 10.9 Å². The monoisotopic (exact) mass is 309 g/mol. The van der Waals surface area contributed by atoms with Crippen molar-refractivity contribution in [3.63, 3.8) is 0 Å². The molecule has 1 aliphatic rings. The molecule has 108 valence electrons. The Balaban J connectivity index is 0.00000147. The minimum atomic E-state index is 0. The van der Waals surface area contributed by atoms with Gasteiger partial charge in [0, 0.05) is 47.8 Å². The Hall–Kier alpha value is -1.13. The number of aromatic nitrogens is 1. The molecule has 0 saturated carbocycles. The van der Waals surface area contributed by atoms with Gasteiger partial charge in [-0.1, -0.05) is 18.2 Å². The van der Waals surface area contributed by atoms with Gasteiger partial charge in [-0.15, -0.1) is 24.2 Å². The number of benzene rings is 1. The molecule has 0 bridgehead atoms. The number of aromatic amines is 1. The number of thioether (sulfide) groups is 1. The third-order valence-electron chi connectivity index (χ3n) is 3.53. The second-order valence-electron chi connectivity index (χ2n) is 4.87. The average molecular weight is 310 g/mol. The number of hydrogen-bond acceptors (Lipinski definition) is 2. The minimum absolute atomic E-state index is 0. The molecule has 20 heavy (non-hydrogen) atoms. The highest BCUT2D eigenvalue weighted by atomic mass is 35.5. The van der Waals surface area contributed by atoms with E-state index in [9.17, 15) is 0 Å². The summed E-state index contributed by atoms with van der Waals surface area (Å²) in [4.78, 5) is 11.6.